The van der Waals surface area contributed by atoms with E-state index < -0.39 is 0 Å². The maximum absolute atomic E-state index is 12.3. The number of rotatable bonds is 5. The number of ether oxygens (including phenoxy) is 1. The fourth-order valence-corrected chi connectivity index (χ4v) is 3.63. The van der Waals surface area contributed by atoms with E-state index in [1.165, 1.54) is 11.1 Å². The average molecular weight is 344 g/mol. The number of carbonyl (C=O) groups is 2. The zero-order chi connectivity index (χ0) is 17.9. The maximum Gasteiger partial charge on any atom is 0.310 e. The number of ketones is 1. The molecule has 0 fully saturated rings. The minimum Gasteiger partial charge on any atom is -0.457 e. The Hall–Kier alpha value is -2.94. The molecule has 3 nitrogen and oxygen atoms in total. The van der Waals surface area contributed by atoms with Crippen LogP contribution in [0.1, 0.15) is 33.5 Å². The first-order chi connectivity index (χ1) is 12.7. The van der Waals surface area contributed by atoms with E-state index in [-0.39, 0.29) is 24.8 Å². The molecule has 0 radical (unpaired) electrons. The second-order valence-corrected chi connectivity index (χ2v) is 6.74. The van der Waals surface area contributed by atoms with E-state index in [2.05, 4.69) is 0 Å². The first-order valence-electron chi connectivity index (χ1n) is 8.98. The second kappa shape index (κ2) is 7.12. The SMILES string of the molecule is O=C(Cc1cccc2ccccc12)OCC(=O)c1ccc2c(c1)CCC2. The van der Waals surface area contributed by atoms with Gasteiger partial charge in [0.25, 0.3) is 0 Å². The summed E-state index contributed by atoms with van der Waals surface area (Å²) in [5.74, 6) is -0.526. The van der Waals surface area contributed by atoms with Crippen LogP contribution in [0.2, 0.25) is 0 Å². The van der Waals surface area contributed by atoms with Crippen molar-refractivity contribution in [2.24, 2.45) is 0 Å². The Morgan fingerprint density at radius 1 is 0.885 bits per heavy atom. The van der Waals surface area contributed by atoms with Crippen molar-refractivity contribution in [3.63, 3.8) is 0 Å². The summed E-state index contributed by atoms with van der Waals surface area (Å²) in [4.78, 5) is 24.5. The van der Waals surface area contributed by atoms with Crippen molar-refractivity contribution in [2.75, 3.05) is 6.61 Å². The molecule has 0 N–H and O–H groups in total. The molecule has 0 amide bonds. The van der Waals surface area contributed by atoms with E-state index in [0.717, 1.165) is 35.6 Å². The standard InChI is InChI=1S/C23H20O3/c24-22(20-12-11-16-6-3-8-18(16)13-20)15-26-23(25)14-19-9-4-7-17-5-1-2-10-21(17)19/h1-2,4-5,7,9-13H,3,6,8,14-15H2. The fourth-order valence-electron chi connectivity index (χ4n) is 3.63. The molecule has 0 aliphatic heterocycles. The number of aryl methyl sites for hydroxylation is 2. The van der Waals surface area contributed by atoms with Gasteiger partial charge < -0.3 is 4.74 Å². The van der Waals surface area contributed by atoms with Crippen LogP contribution in [-0.2, 0) is 28.8 Å². The van der Waals surface area contributed by atoms with Crippen LogP contribution >= 0.6 is 0 Å². The van der Waals surface area contributed by atoms with Crippen LogP contribution in [0.25, 0.3) is 10.8 Å². The molecule has 1 aliphatic carbocycles. The Kier molecular flexibility index (Phi) is 4.53. The van der Waals surface area contributed by atoms with Crippen molar-refractivity contribution in [1.82, 2.24) is 0 Å². The number of hydrogen-bond donors (Lipinski definition) is 0. The van der Waals surface area contributed by atoms with E-state index >= 15 is 0 Å². The number of fused-ring (bicyclic) bond motifs is 2. The molecule has 0 heterocycles. The number of benzene rings is 3. The van der Waals surface area contributed by atoms with Gasteiger partial charge in [-0.25, -0.2) is 0 Å². The largest absolute Gasteiger partial charge is 0.457 e. The Morgan fingerprint density at radius 2 is 1.69 bits per heavy atom. The van der Waals surface area contributed by atoms with E-state index in [9.17, 15) is 9.59 Å². The lowest BCUT2D eigenvalue weighted by Crippen LogP contribution is -2.16. The number of hydrogen-bond acceptors (Lipinski definition) is 3. The molecule has 3 heteroatoms. The molecule has 0 saturated carbocycles. The van der Waals surface area contributed by atoms with Crippen molar-refractivity contribution in [2.45, 2.75) is 25.7 Å². The second-order valence-electron chi connectivity index (χ2n) is 6.74. The Bertz CT molecular complexity index is 982. The summed E-state index contributed by atoms with van der Waals surface area (Å²) < 4.78 is 5.24. The Morgan fingerprint density at radius 3 is 2.62 bits per heavy atom. The van der Waals surface area contributed by atoms with Crippen molar-refractivity contribution in [3.05, 3.63) is 82.9 Å². The predicted octanol–water partition coefficient (Wildman–Crippen LogP) is 4.30. The molecule has 0 aromatic heterocycles. The molecular formula is C23H20O3. The third-order valence-corrected chi connectivity index (χ3v) is 5.00. The van der Waals surface area contributed by atoms with Gasteiger partial charge in [0.05, 0.1) is 6.42 Å². The van der Waals surface area contributed by atoms with Gasteiger partial charge in [-0.1, -0.05) is 54.6 Å². The van der Waals surface area contributed by atoms with Gasteiger partial charge in [0.2, 0.25) is 0 Å². The van der Waals surface area contributed by atoms with Crippen LogP contribution in [0.4, 0.5) is 0 Å². The summed E-state index contributed by atoms with van der Waals surface area (Å²) >= 11 is 0. The highest BCUT2D eigenvalue weighted by Crippen LogP contribution is 2.23. The lowest BCUT2D eigenvalue weighted by molar-refractivity contribution is -0.141. The molecule has 130 valence electrons. The summed E-state index contributed by atoms with van der Waals surface area (Å²) in [6, 6.07) is 19.6. The van der Waals surface area contributed by atoms with Crippen molar-refractivity contribution in [3.8, 4) is 0 Å². The molecule has 0 atom stereocenters. The number of esters is 1. The minimum atomic E-state index is -0.379. The molecule has 1 aliphatic rings. The van der Waals surface area contributed by atoms with Crippen LogP contribution < -0.4 is 0 Å². The van der Waals surface area contributed by atoms with Crippen LogP contribution in [0.5, 0.6) is 0 Å². The van der Waals surface area contributed by atoms with Crippen molar-refractivity contribution < 1.29 is 14.3 Å². The third kappa shape index (κ3) is 3.38. The van der Waals surface area contributed by atoms with Gasteiger partial charge in [0.1, 0.15) is 0 Å². The van der Waals surface area contributed by atoms with Gasteiger partial charge in [-0.3, -0.25) is 9.59 Å². The molecule has 0 saturated heterocycles. The van der Waals surface area contributed by atoms with Gasteiger partial charge in [0, 0.05) is 5.56 Å². The van der Waals surface area contributed by atoms with Gasteiger partial charge in [-0.05, 0) is 52.8 Å². The topological polar surface area (TPSA) is 43.4 Å². The molecule has 0 spiro atoms. The highest BCUT2D eigenvalue weighted by Gasteiger charge is 2.16. The van der Waals surface area contributed by atoms with Crippen LogP contribution in [0.3, 0.4) is 0 Å². The van der Waals surface area contributed by atoms with Crippen molar-refractivity contribution in [1.29, 1.82) is 0 Å². The smallest absolute Gasteiger partial charge is 0.310 e. The predicted molar refractivity (Wildman–Crippen MR) is 101 cm³/mol. The van der Waals surface area contributed by atoms with E-state index in [0.29, 0.717) is 5.56 Å². The molecule has 26 heavy (non-hydrogen) atoms. The molecule has 0 bridgehead atoms. The van der Waals surface area contributed by atoms with E-state index in [1.54, 1.807) is 0 Å². The first kappa shape index (κ1) is 16.5. The van der Waals surface area contributed by atoms with Gasteiger partial charge in [0.15, 0.2) is 12.4 Å². The van der Waals surface area contributed by atoms with Crippen molar-refractivity contribution >= 4 is 22.5 Å². The summed E-state index contributed by atoms with van der Waals surface area (Å²) in [7, 11) is 0. The summed E-state index contributed by atoms with van der Waals surface area (Å²) in [5, 5.41) is 2.13. The molecule has 0 unspecified atom stereocenters. The van der Waals surface area contributed by atoms with Gasteiger partial charge in [-0.2, -0.15) is 0 Å². The van der Waals surface area contributed by atoms with Crippen LogP contribution in [0, 0.1) is 0 Å². The van der Waals surface area contributed by atoms with Crippen LogP contribution in [-0.4, -0.2) is 18.4 Å². The van der Waals surface area contributed by atoms with E-state index in [1.807, 2.05) is 60.7 Å². The summed E-state index contributed by atoms with van der Waals surface area (Å²) in [5.41, 5.74) is 4.12. The fraction of sp³-hybridized carbons (Fsp3) is 0.217. The lowest BCUT2D eigenvalue weighted by Gasteiger charge is -2.08. The zero-order valence-electron chi connectivity index (χ0n) is 14.5. The average Bonchev–Trinajstić information content (AvgIpc) is 3.14. The van der Waals surface area contributed by atoms with Crippen LogP contribution in [0.15, 0.2) is 60.7 Å². The lowest BCUT2D eigenvalue weighted by atomic mass is 10.0. The molecule has 3 aromatic rings. The zero-order valence-corrected chi connectivity index (χ0v) is 14.5. The summed E-state index contributed by atoms with van der Waals surface area (Å²) in [6.07, 6.45) is 3.42. The quantitative estimate of drug-likeness (QED) is 0.512. The minimum absolute atomic E-state index is 0.147. The Labute approximate surface area is 152 Å². The normalized spacial score (nSPS) is 12.8. The summed E-state index contributed by atoms with van der Waals surface area (Å²) in [6.45, 7) is -0.206. The van der Waals surface area contributed by atoms with E-state index in [4.69, 9.17) is 4.74 Å². The highest BCUT2D eigenvalue weighted by atomic mass is 16.5. The monoisotopic (exact) mass is 344 g/mol. The highest BCUT2D eigenvalue weighted by molar-refractivity contribution is 5.98. The Balaban J connectivity index is 1.40. The van der Waals surface area contributed by atoms with Gasteiger partial charge >= 0.3 is 5.97 Å². The molecule has 4 rings (SSSR count). The molecular weight excluding hydrogens is 324 g/mol. The first-order valence-corrected chi connectivity index (χ1v) is 8.98. The third-order valence-electron chi connectivity index (χ3n) is 5.00. The maximum atomic E-state index is 12.3. The molecule has 3 aromatic carbocycles. The number of Topliss-reactive ketones (excluding diaryl/α,β-unsaturated/α-hetero) is 1. The van der Waals surface area contributed by atoms with Gasteiger partial charge in [-0.15, -0.1) is 0 Å². The number of carbonyl (C=O) groups excluding carboxylic acids is 2.